The van der Waals surface area contributed by atoms with Gasteiger partial charge in [-0.25, -0.2) is 9.97 Å². The predicted octanol–water partition coefficient (Wildman–Crippen LogP) is 5.76. The highest BCUT2D eigenvalue weighted by molar-refractivity contribution is 7.22. The number of thiophene rings is 2. The molecule has 0 fully saturated rings. The fourth-order valence-corrected chi connectivity index (χ4v) is 6.17. The van der Waals surface area contributed by atoms with Gasteiger partial charge in [-0.15, -0.1) is 22.7 Å². The zero-order valence-corrected chi connectivity index (χ0v) is 23.4. The molecule has 0 atom stereocenters. The van der Waals surface area contributed by atoms with Crippen molar-refractivity contribution in [3.8, 4) is 26.9 Å². The summed E-state index contributed by atoms with van der Waals surface area (Å²) in [6.07, 6.45) is 2.45. The number of aromatic nitrogens is 2. The van der Waals surface area contributed by atoms with Gasteiger partial charge in [-0.2, -0.15) is 5.01 Å². The van der Waals surface area contributed by atoms with Crippen LogP contribution in [0.1, 0.15) is 25.8 Å². The Labute approximate surface area is 229 Å². The molecule has 196 valence electrons. The van der Waals surface area contributed by atoms with Crippen LogP contribution in [0.15, 0.2) is 53.4 Å². The lowest BCUT2D eigenvalue weighted by atomic mass is 10.1. The molecule has 0 unspecified atom stereocenters. The molecule has 3 aromatic heterocycles. The third kappa shape index (κ3) is 5.20. The van der Waals surface area contributed by atoms with Crippen LogP contribution < -0.4 is 10.2 Å². The van der Waals surface area contributed by atoms with Gasteiger partial charge in [-0.05, 0) is 80.7 Å². The van der Waals surface area contributed by atoms with E-state index in [2.05, 4.69) is 24.3 Å². The topological polar surface area (TPSA) is 87.7 Å². The summed E-state index contributed by atoms with van der Waals surface area (Å²) in [5.74, 6) is 1.00. The van der Waals surface area contributed by atoms with Crippen LogP contribution in [0.5, 0.6) is 5.75 Å². The Hall–Kier alpha value is -3.60. The van der Waals surface area contributed by atoms with E-state index in [0.717, 1.165) is 61.4 Å². The number of ether oxygens (including phenoxy) is 1. The molecule has 5 rings (SSSR count). The van der Waals surface area contributed by atoms with Crippen molar-refractivity contribution in [3.05, 3.63) is 59.0 Å². The standard InChI is InChI=1S/C28H29N5O3S2/c1-5-12-32(4)13-14-36-20-10-8-19(9-11-20)24-18(3)23-26(31-33-22(34)16-17(2)28(33)35)29-25(30-27(23)38-24)21-7-6-15-37-21/h6-11,15-16H,5,12-14H2,1-4H3,(H,29,30,31). The van der Waals surface area contributed by atoms with Gasteiger partial charge in [0.25, 0.3) is 11.8 Å². The molecule has 0 aliphatic carbocycles. The number of imide groups is 1. The molecule has 8 nitrogen and oxygen atoms in total. The smallest absolute Gasteiger partial charge is 0.275 e. The van der Waals surface area contributed by atoms with E-state index >= 15 is 0 Å². The number of amides is 2. The van der Waals surface area contributed by atoms with Gasteiger partial charge in [0.05, 0.1) is 10.3 Å². The number of hydrazine groups is 1. The lowest BCUT2D eigenvalue weighted by Crippen LogP contribution is -2.36. The highest BCUT2D eigenvalue weighted by Gasteiger charge is 2.30. The zero-order valence-electron chi connectivity index (χ0n) is 21.8. The fraction of sp³-hybridized carbons (Fsp3) is 0.286. The van der Waals surface area contributed by atoms with Gasteiger partial charge in [0, 0.05) is 23.1 Å². The average molecular weight is 548 g/mol. The Balaban J connectivity index is 1.47. The van der Waals surface area contributed by atoms with Crippen LogP contribution in [-0.2, 0) is 9.59 Å². The third-order valence-corrected chi connectivity index (χ3v) is 8.41. The molecule has 4 aromatic rings. The van der Waals surface area contributed by atoms with E-state index in [9.17, 15) is 9.59 Å². The summed E-state index contributed by atoms with van der Waals surface area (Å²) < 4.78 is 5.94. The molecule has 1 N–H and O–H groups in total. The maximum atomic E-state index is 12.6. The summed E-state index contributed by atoms with van der Waals surface area (Å²) >= 11 is 3.09. The molecule has 1 aromatic carbocycles. The SMILES string of the molecule is CCCN(C)CCOc1ccc(-c2sc3nc(-c4cccs4)nc(NN4C(=O)C=C(C)C4=O)c3c2C)cc1. The maximum absolute atomic E-state index is 12.6. The Morgan fingerprint density at radius 2 is 1.87 bits per heavy atom. The van der Waals surface area contributed by atoms with Crippen molar-refractivity contribution in [3.63, 3.8) is 0 Å². The summed E-state index contributed by atoms with van der Waals surface area (Å²) in [6, 6.07) is 12.0. The number of nitrogens with zero attached hydrogens (tertiary/aromatic N) is 4. The van der Waals surface area contributed by atoms with Crippen molar-refractivity contribution >= 4 is 50.5 Å². The fourth-order valence-electron chi connectivity index (χ4n) is 4.33. The summed E-state index contributed by atoms with van der Waals surface area (Å²) in [7, 11) is 2.10. The number of hydrogen-bond acceptors (Lipinski definition) is 9. The molecule has 0 bridgehead atoms. The Morgan fingerprint density at radius 3 is 2.53 bits per heavy atom. The number of carbonyl (C=O) groups excluding carboxylic acids is 2. The maximum Gasteiger partial charge on any atom is 0.275 e. The molecule has 2 amide bonds. The monoisotopic (exact) mass is 547 g/mol. The molecular weight excluding hydrogens is 518 g/mol. The molecule has 0 spiro atoms. The largest absolute Gasteiger partial charge is 0.492 e. The van der Waals surface area contributed by atoms with Crippen LogP contribution >= 0.6 is 22.7 Å². The first-order valence-electron chi connectivity index (χ1n) is 12.5. The van der Waals surface area contributed by atoms with Crippen LogP contribution in [-0.4, -0.2) is 58.4 Å². The van der Waals surface area contributed by atoms with Crippen molar-refractivity contribution in [1.82, 2.24) is 19.9 Å². The molecule has 38 heavy (non-hydrogen) atoms. The summed E-state index contributed by atoms with van der Waals surface area (Å²) in [6.45, 7) is 8.37. The van der Waals surface area contributed by atoms with E-state index in [1.54, 1.807) is 18.3 Å². The average Bonchev–Trinajstić information content (AvgIpc) is 3.61. The summed E-state index contributed by atoms with van der Waals surface area (Å²) in [5.41, 5.74) is 5.39. The van der Waals surface area contributed by atoms with Crippen LogP contribution in [0.3, 0.4) is 0 Å². The van der Waals surface area contributed by atoms with Gasteiger partial charge < -0.3 is 9.64 Å². The summed E-state index contributed by atoms with van der Waals surface area (Å²) in [4.78, 5) is 39.6. The van der Waals surface area contributed by atoms with Gasteiger partial charge in [-0.3, -0.25) is 15.0 Å². The minimum atomic E-state index is -0.415. The molecule has 10 heteroatoms. The second-order valence-electron chi connectivity index (χ2n) is 9.20. The minimum absolute atomic E-state index is 0.383. The molecule has 0 radical (unpaired) electrons. The second-order valence-corrected chi connectivity index (χ2v) is 11.2. The van der Waals surface area contributed by atoms with Gasteiger partial charge in [0.15, 0.2) is 11.6 Å². The molecular formula is C28H29N5O3S2. The van der Waals surface area contributed by atoms with Crippen molar-refractivity contribution in [2.24, 2.45) is 0 Å². The van der Waals surface area contributed by atoms with E-state index in [-0.39, 0.29) is 5.91 Å². The van der Waals surface area contributed by atoms with E-state index in [1.807, 2.05) is 48.7 Å². The number of benzene rings is 1. The van der Waals surface area contributed by atoms with Crippen LogP contribution in [0.2, 0.25) is 0 Å². The Bertz CT molecular complexity index is 1510. The molecule has 0 saturated heterocycles. The molecule has 1 aliphatic rings. The first-order valence-corrected chi connectivity index (χ1v) is 14.2. The number of hydrogen-bond donors (Lipinski definition) is 1. The Morgan fingerprint density at radius 1 is 1.08 bits per heavy atom. The third-order valence-electron chi connectivity index (χ3n) is 6.31. The van der Waals surface area contributed by atoms with Gasteiger partial charge in [0.2, 0.25) is 0 Å². The number of carbonyl (C=O) groups is 2. The number of anilines is 1. The molecule has 0 saturated carbocycles. The lowest BCUT2D eigenvalue weighted by molar-refractivity contribution is -0.135. The molecule has 1 aliphatic heterocycles. The van der Waals surface area contributed by atoms with Crippen LogP contribution in [0, 0.1) is 6.92 Å². The minimum Gasteiger partial charge on any atom is -0.492 e. The number of rotatable bonds is 10. The number of fused-ring (bicyclic) bond motifs is 1. The second kappa shape index (κ2) is 11.0. The normalized spacial score (nSPS) is 13.6. The lowest BCUT2D eigenvalue weighted by Gasteiger charge is -2.17. The number of likely N-dealkylation sites (N-methyl/N-ethyl adjacent to an activating group) is 1. The van der Waals surface area contributed by atoms with Crippen LogP contribution in [0.4, 0.5) is 5.82 Å². The molecule has 4 heterocycles. The van der Waals surface area contributed by atoms with E-state index in [4.69, 9.17) is 14.7 Å². The van der Waals surface area contributed by atoms with Crippen LogP contribution in [0.25, 0.3) is 31.4 Å². The zero-order chi connectivity index (χ0) is 26.8. The van der Waals surface area contributed by atoms with Gasteiger partial charge in [-0.1, -0.05) is 13.0 Å². The van der Waals surface area contributed by atoms with Crippen molar-refractivity contribution in [2.45, 2.75) is 27.2 Å². The Kier molecular flexibility index (Phi) is 7.55. The van der Waals surface area contributed by atoms with E-state index < -0.39 is 5.91 Å². The van der Waals surface area contributed by atoms with Crippen molar-refractivity contribution in [2.75, 3.05) is 32.2 Å². The van der Waals surface area contributed by atoms with Gasteiger partial charge in [0.1, 0.15) is 17.2 Å². The summed E-state index contributed by atoms with van der Waals surface area (Å²) in [5, 5.41) is 3.76. The first kappa shape index (κ1) is 26.0. The number of nitrogens with one attached hydrogen (secondary N) is 1. The van der Waals surface area contributed by atoms with E-state index in [1.165, 1.54) is 17.4 Å². The first-order chi connectivity index (χ1) is 18.4. The van der Waals surface area contributed by atoms with E-state index in [0.29, 0.717) is 23.8 Å². The predicted molar refractivity (Wildman–Crippen MR) is 153 cm³/mol. The quantitative estimate of drug-likeness (QED) is 0.253. The van der Waals surface area contributed by atoms with Crippen molar-refractivity contribution in [1.29, 1.82) is 0 Å². The number of aryl methyl sites for hydroxylation is 1. The highest BCUT2D eigenvalue weighted by Crippen LogP contribution is 2.42. The van der Waals surface area contributed by atoms with Gasteiger partial charge >= 0.3 is 0 Å². The highest BCUT2D eigenvalue weighted by atomic mass is 32.1. The van der Waals surface area contributed by atoms with Crippen molar-refractivity contribution < 1.29 is 14.3 Å².